The predicted octanol–water partition coefficient (Wildman–Crippen LogP) is 1.76. The Hall–Kier alpha value is -0.820. The van der Waals surface area contributed by atoms with Crippen molar-refractivity contribution in [2.24, 2.45) is 5.92 Å². The SMILES string of the molecule is CC(C)(C)NCC1CCN(CC(=O)NCC(F)(F)F)CC1. The average Bonchev–Trinajstić information content (AvgIpc) is 2.34. The van der Waals surface area contributed by atoms with Gasteiger partial charge in [0.1, 0.15) is 6.54 Å². The van der Waals surface area contributed by atoms with Crippen LogP contribution in [-0.2, 0) is 4.79 Å². The Kier molecular flexibility index (Phi) is 6.46. The molecule has 0 aromatic carbocycles. The number of hydrogen-bond donors (Lipinski definition) is 2. The second-order valence-corrected chi connectivity index (χ2v) is 6.74. The van der Waals surface area contributed by atoms with Crippen LogP contribution in [0.25, 0.3) is 0 Å². The highest BCUT2D eigenvalue weighted by molar-refractivity contribution is 5.78. The fourth-order valence-electron chi connectivity index (χ4n) is 2.26. The third kappa shape index (κ3) is 8.93. The Balaban J connectivity index is 2.20. The zero-order valence-corrected chi connectivity index (χ0v) is 13.0. The molecule has 1 aliphatic heterocycles. The Morgan fingerprint density at radius 3 is 2.24 bits per heavy atom. The monoisotopic (exact) mass is 309 g/mol. The lowest BCUT2D eigenvalue weighted by molar-refractivity contribution is -0.139. The number of nitrogens with zero attached hydrogens (tertiary/aromatic N) is 1. The number of nitrogens with one attached hydrogen (secondary N) is 2. The van der Waals surface area contributed by atoms with Crippen LogP contribution in [0.5, 0.6) is 0 Å². The van der Waals surface area contributed by atoms with Crippen LogP contribution in [0.3, 0.4) is 0 Å². The lowest BCUT2D eigenvalue weighted by Gasteiger charge is -2.33. The first kappa shape index (κ1) is 18.2. The van der Waals surface area contributed by atoms with Crippen LogP contribution in [0.2, 0.25) is 0 Å². The van der Waals surface area contributed by atoms with Crippen molar-refractivity contribution in [1.29, 1.82) is 0 Å². The summed E-state index contributed by atoms with van der Waals surface area (Å²) in [6, 6.07) is 0. The summed E-state index contributed by atoms with van der Waals surface area (Å²) in [4.78, 5) is 13.3. The molecule has 124 valence electrons. The largest absolute Gasteiger partial charge is 0.405 e. The summed E-state index contributed by atoms with van der Waals surface area (Å²) in [6.45, 7) is 7.62. The molecule has 1 fully saturated rings. The van der Waals surface area contributed by atoms with Gasteiger partial charge in [-0.3, -0.25) is 9.69 Å². The van der Waals surface area contributed by atoms with Gasteiger partial charge in [-0.05, 0) is 59.2 Å². The molecule has 7 heteroatoms. The Bertz CT molecular complexity index is 331. The van der Waals surface area contributed by atoms with Gasteiger partial charge >= 0.3 is 6.18 Å². The maximum atomic E-state index is 12.0. The van der Waals surface area contributed by atoms with Gasteiger partial charge in [0.25, 0.3) is 0 Å². The van der Waals surface area contributed by atoms with Crippen LogP contribution < -0.4 is 10.6 Å². The molecule has 2 N–H and O–H groups in total. The third-order valence-corrected chi connectivity index (χ3v) is 3.48. The lowest BCUT2D eigenvalue weighted by Crippen LogP contribution is -2.46. The molecule has 1 rings (SSSR count). The molecule has 1 amide bonds. The molecule has 1 saturated heterocycles. The van der Waals surface area contributed by atoms with E-state index in [9.17, 15) is 18.0 Å². The summed E-state index contributed by atoms with van der Waals surface area (Å²) in [6.07, 6.45) is -2.41. The topological polar surface area (TPSA) is 44.4 Å². The number of rotatable bonds is 5. The fraction of sp³-hybridized carbons (Fsp3) is 0.929. The van der Waals surface area contributed by atoms with E-state index >= 15 is 0 Å². The van der Waals surface area contributed by atoms with E-state index in [1.54, 1.807) is 0 Å². The van der Waals surface area contributed by atoms with Crippen LogP contribution in [0.15, 0.2) is 0 Å². The average molecular weight is 309 g/mol. The quantitative estimate of drug-likeness (QED) is 0.813. The van der Waals surface area contributed by atoms with Crippen molar-refractivity contribution in [3.05, 3.63) is 0 Å². The number of carbonyl (C=O) groups is 1. The molecule has 4 nitrogen and oxygen atoms in total. The minimum Gasteiger partial charge on any atom is -0.346 e. The van der Waals surface area contributed by atoms with E-state index in [0.717, 1.165) is 32.5 Å². The summed E-state index contributed by atoms with van der Waals surface area (Å²) in [5, 5.41) is 5.37. The van der Waals surface area contributed by atoms with E-state index in [4.69, 9.17) is 0 Å². The second kappa shape index (κ2) is 7.45. The number of carbonyl (C=O) groups excluding carboxylic acids is 1. The summed E-state index contributed by atoms with van der Waals surface area (Å²) >= 11 is 0. The zero-order chi connectivity index (χ0) is 16.1. The normalized spacial score (nSPS) is 18.8. The smallest absolute Gasteiger partial charge is 0.346 e. The third-order valence-electron chi connectivity index (χ3n) is 3.48. The molecule has 0 spiro atoms. The van der Waals surface area contributed by atoms with Crippen LogP contribution in [0, 0.1) is 5.92 Å². The molecule has 0 aliphatic carbocycles. The van der Waals surface area contributed by atoms with Gasteiger partial charge in [-0.2, -0.15) is 13.2 Å². The molecule has 0 unspecified atom stereocenters. The highest BCUT2D eigenvalue weighted by Gasteiger charge is 2.28. The van der Waals surface area contributed by atoms with Crippen molar-refractivity contribution in [2.75, 3.05) is 32.7 Å². The molecule has 1 aliphatic rings. The number of likely N-dealkylation sites (tertiary alicyclic amines) is 1. The van der Waals surface area contributed by atoms with E-state index in [1.807, 2.05) is 10.2 Å². The van der Waals surface area contributed by atoms with Gasteiger partial charge in [0.05, 0.1) is 6.54 Å². The van der Waals surface area contributed by atoms with Crippen LogP contribution >= 0.6 is 0 Å². The molecule has 0 bridgehead atoms. The van der Waals surface area contributed by atoms with Crippen molar-refractivity contribution in [3.63, 3.8) is 0 Å². The highest BCUT2D eigenvalue weighted by Crippen LogP contribution is 2.17. The minimum atomic E-state index is -4.35. The number of alkyl halides is 3. The summed E-state index contributed by atoms with van der Waals surface area (Å²) in [5.74, 6) is 0.0114. The Labute approximate surface area is 124 Å². The number of hydrogen-bond acceptors (Lipinski definition) is 3. The lowest BCUT2D eigenvalue weighted by atomic mass is 9.95. The first-order valence-corrected chi connectivity index (χ1v) is 7.36. The van der Waals surface area contributed by atoms with Crippen molar-refractivity contribution >= 4 is 5.91 Å². The van der Waals surface area contributed by atoms with Crippen molar-refractivity contribution in [2.45, 2.75) is 45.3 Å². The molecular weight excluding hydrogens is 283 g/mol. The second-order valence-electron chi connectivity index (χ2n) is 6.74. The molecular formula is C14H26F3N3O. The number of amides is 1. The summed E-state index contributed by atoms with van der Waals surface area (Å²) in [5.41, 5.74) is 0.0919. The van der Waals surface area contributed by atoms with E-state index in [-0.39, 0.29) is 12.1 Å². The van der Waals surface area contributed by atoms with Gasteiger partial charge < -0.3 is 10.6 Å². The first-order chi connectivity index (χ1) is 9.55. The van der Waals surface area contributed by atoms with Gasteiger partial charge in [-0.15, -0.1) is 0 Å². The standard InChI is InChI=1S/C14H26F3N3O/c1-13(2,3)19-8-11-4-6-20(7-5-11)9-12(21)18-10-14(15,16)17/h11,19H,4-10H2,1-3H3,(H,18,21). The molecule has 0 saturated carbocycles. The zero-order valence-electron chi connectivity index (χ0n) is 13.0. The highest BCUT2D eigenvalue weighted by atomic mass is 19.4. The van der Waals surface area contributed by atoms with Crippen molar-refractivity contribution in [1.82, 2.24) is 15.5 Å². The van der Waals surface area contributed by atoms with Crippen LogP contribution in [-0.4, -0.2) is 55.2 Å². The van der Waals surface area contributed by atoms with E-state index in [1.165, 1.54) is 0 Å². The van der Waals surface area contributed by atoms with Crippen molar-refractivity contribution < 1.29 is 18.0 Å². The maximum absolute atomic E-state index is 12.0. The number of piperidine rings is 1. The number of halogens is 3. The molecule has 0 aromatic heterocycles. The van der Waals surface area contributed by atoms with Crippen LogP contribution in [0.1, 0.15) is 33.6 Å². The summed E-state index contributed by atoms with van der Waals surface area (Å²) < 4.78 is 36.0. The van der Waals surface area contributed by atoms with Crippen LogP contribution in [0.4, 0.5) is 13.2 Å². The van der Waals surface area contributed by atoms with E-state index in [2.05, 4.69) is 26.1 Å². The van der Waals surface area contributed by atoms with Crippen molar-refractivity contribution in [3.8, 4) is 0 Å². The minimum absolute atomic E-state index is 0.0511. The van der Waals surface area contributed by atoms with Gasteiger partial charge in [0.2, 0.25) is 5.91 Å². The molecule has 0 aromatic rings. The van der Waals surface area contributed by atoms with Gasteiger partial charge in [-0.1, -0.05) is 0 Å². The molecule has 21 heavy (non-hydrogen) atoms. The molecule has 0 radical (unpaired) electrons. The molecule has 0 atom stereocenters. The van der Waals surface area contributed by atoms with Gasteiger partial charge in [-0.25, -0.2) is 0 Å². The Morgan fingerprint density at radius 2 is 1.76 bits per heavy atom. The predicted molar refractivity (Wildman–Crippen MR) is 76.0 cm³/mol. The van der Waals surface area contributed by atoms with Gasteiger partial charge in [0, 0.05) is 5.54 Å². The van der Waals surface area contributed by atoms with Gasteiger partial charge in [0.15, 0.2) is 0 Å². The van der Waals surface area contributed by atoms with E-state index < -0.39 is 18.6 Å². The molecule has 1 heterocycles. The summed E-state index contributed by atoms with van der Waals surface area (Å²) in [7, 11) is 0. The fourth-order valence-corrected chi connectivity index (χ4v) is 2.26. The maximum Gasteiger partial charge on any atom is 0.405 e. The first-order valence-electron chi connectivity index (χ1n) is 7.36. The Morgan fingerprint density at radius 1 is 1.19 bits per heavy atom. The van der Waals surface area contributed by atoms with E-state index in [0.29, 0.717) is 5.92 Å².